The van der Waals surface area contributed by atoms with Crippen molar-refractivity contribution in [3.8, 4) is 17.1 Å². The van der Waals surface area contributed by atoms with Gasteiger partial charge in [-0.1, -0.05) is 60.1 Å². The number of halogens is 1. The molecule has 0 aliphatic carbocycles. The normalized spacial score (nSPS) is 10.9. The number of nitrogens with one attached hydrogen (secondary N) is 1. The second-order valence-electron chi connectivity index (χ2n) is 5.36. The van der Waals surface area contributed by atoms with Gasteiger partial charge in [-0.05, 0) is 18.2 Å². The third-order valence-corrected chi connectivity index (χ3v) is 3.95. The van der Waals surface area contributed by atoms with Gasteiger partial charge in [-0.15, -0.1) is 0 Å². The van der Waals surface area contributed by atoms with Crippen LogP contribution in [-0.4, -0.2) is 15.0 Å². The summed E-state index contributed by atoms with van der Waals surface area (Å²) in [6.45, 7) is 0.414. The quantitative estimate of drug-likeness (QED) is 0.542. The Balaban J connectivity index is 1.64. The van der Waals surface area contributed by atoms with Crippen molar-refractivity contribution < 1.29 is 4.74 Å². The van der Waals surface area contributed by atoms with E-state index in [4.69, 9.17) is 16.3 Å². The summed E-state index contributed by atoms with van der Waals surface area (Å²) in [7, 11) is 0. The van der Waals surface area contributed by atoms with E-state index in [1.165, 1.54) is 0 Å². The van der Waals surface area contributed by atoms with Gasteiger partial charge >= 0.3 is 0 Å². The molecule has 0 amide bonds. The standard InChI is InChI=1S/C19H14ClN3O/c20-17-16-11-14(12-24-15-9-5-2-6-10-15)21-19(16)23-18(22-17)13-7-3-1-4-8-13/h1-11H,12H2,(H,21,22,23). The Labute approximate surface area is 144 Å². The molecule has 2 aromatic heterocycles. The van der Waals surface area contributed by atoms with E-state index >= 15 is 0 Å². The summed E-state index contributed by atoms with van der Waals surface area (Å²) in [5.41, 5.74) is 2.54. The van der Waals surface area contributed by atoms with Crippen LogP contribution in [0.1, 0.15) is 5.69 Å². The summed E-state index contributed by atoms with van der Waals surface area (Å²) >= 11 is 6.33. The van der Waals surface area contributed by atoms with Crippen LogP contribution in [0, 0.1) is 0 Å². The molecule has 0 unspecified atom stereocenters. The maximum atomic E-state index is 6.33. The average molecular weight is 336 g/mol. The fraction of sp³-hybridized carbons (Fsp3) is 0.0526. The maximum absolute atomic E-state index is 6.33. The summed E-state index contributed by atoms with van der Waals surface area (Å²) in [6, 6.07) is 21.4. The minimum Gasteiger partial charge on any atom is -0.487 e. The van der Waals surface area contributed by atoms with Crippen molar-refractivity contribution in [2.75, 3.05) is 0 Å². The molecule has 0 aliphatic rings. The Morgan fingerprint density at radius 2 is 1.62 bits per heavy atom. The van der Waals surface area contributed by atoms with Crippen molar-refractivity contribution in [3.05, 3.63) is 77.6 Å². The lowest BCUT2D eigenvalue weighted by atomic mass is 10.2. The summed E-state index contributed by atoms with van der Waals surface area (Å²) < 4.78 is 5.75. The van der Waals surface area contributed by atoms with Crippen LogP contribution in [0.3, 0.4) is 0 Å². The summed E-state index contributed by atoms with van der Waals surface area (Å²) in [5.74, 6) is 1.42. The van der Waals surface area contributed by atoms with Crippen molar-refractivity contribution in [2.24, 2.45) is 0 Å². The van der Waals surface area contributed by atoms with E-state index in [2.05, 4.69) is 15.0 Å². The first-order chi connectivity index (χ1) is 11.8. The molecule has 5 heteroatoms. The van der Waals surface area contributed by atoms with Crippen LogP contribution in [0.25, 0.3) is 22.4 Å². The zero-order valence-corrected chi connectivity index (χ0v) is 13.5. The number of aromatic amines is 1. The van der Waals surface area contributed by atoms with Gasteiger partial charge in [0.25, 0.3) is 0 Å². The minimum atomic E-state index is 0.414. The van der Waals surface area contributed by atoms with Crippen LogP contribution in [-0.2, 0) is 6.61 Å². The van der Waals surface area contributed by atoms with Crippen molar-refractivity contribution in [1.82, 2.24) is 15.0 Å². The average Bonchev–Trinajstić information content (AvgIpc) is 3.05. The third kappa shape index (κ3) is 2.96. The van der Waals surface area contributed by atoms with Crippen LogP contribution in [0.15, 0.2) is 66.7 Å². The summed E-state index contributed by atoms with van der Waals surface area (Å²) in [6.07, 6.45) is 0. The highest BCUT2D eigenvalue weighted by Crippen LogP contribution is 2.25. The van der Waals surface area contributed by atoms with Gasteiger partial charge in [0.05, 0.1) is 11.1 Å². The number of hydrogen-bond acceptors (Lipinski definition) is 3. The Bertz CT molecular complexity index is 968. The zero-order valence-electron chi connectivity index (χ0n) is 12.7. The van der Waals surface area contributed by atoms with E-state index in [9.17, 15) is 0 Å². The van der Waals surface area contributed by atoms with Gasteiger partial charge in [-0.3, -0.25) is 0 Å². The Hall–Kier alpha value is -2.85. The number of para-hydroxylation sites is 1. The fourth-order valence-corrected chi connectivity index (χ4v) is 2.72. The van der Waals surface area contributed by atoms with Crippen LogP contribution in [0.4, 0.5) is 0 Å². The van der Waals surface area contributed by atoms with Crippen molar-refractivity contribution >= 4 is 22.6 Å². The van der Waals surface area contributed by atoms with Gasteiger partial charge in [-0.25, -0.2) is 9.97 Å². The number of ether oxygens (including phenoxy) is 1. The first kappa shape index (κ1) is 14.7. The lowest BCUT2D eigenvalue weighted by molar-refractivity contribution is 0.302. The van der Waals surface area contributed by atoms with E-state index in [-0.39, 0.29) is 0 Å². The molecule has 1 N–H and O–H groups in total. The SMILES string of the molecule is Clc1nc(-c2ccccc2)nc2[nH]c(COc3ccccc3)cc12. The monoisotopic (exact) mass is 335 g/mol. The molecule has 2 heterocycles. The van der Waals surface area contributed by atoms with E-state index in [0.29, 0.717) is 23.2 Å². The van der Waals surface area contributed by atoms with Crippen LogP contribution in [0.2, 0.25) is 5.15 Å². The molecule has 0 radical (unpaired) electrons. The molecule has 4 nitrogen and oxygen atoms in total. The molecule has 0 fully saturated rings. The number of rotatable bonds is 4. The molecule has 4 rings (SSSR count). The molecule has 2 aromatic carbocycles. The first-order valence-electron chi connectivity index (χ1n) is 7.58. The molecule has 24 heavy (non-hydrogen) atoms. The van der Waals surface area contributed by atoms with E-state index in [0.717, 1.165) is 22.4 Å². The number of benzene rings is 2. The van der Waals surface area contributed by atoms with Gasteiger partial charge < -0.3 is 9.72 Å². The predicted octanol–water partition coefficient (Wildman–Crippen LogP) is 4.86. The Morgan fingerprint density at radius 3 is 2.38 bits per heavy atom. The van der Waals surface area contributed by atoms with Gasteiger partial charge in [0.15, 0.2) is 5.82 Å². The lowest BCUT2D eigenvalue weighted by Crippen LogP contribution is -1.95. The molecule has 0 bridgehead atoms. The Morgan fingerprint density at radius 1 is 0.917 bits per heavy atom. The first-order valence-corrected chi connectivity index (χ1v) is 7.96. The van der Waals surface area contributed by atoms with Gasteiger partial charge in [-0.2, -0.15) is 0 Å². The molecular formula is C19H14ClN3O. The topological polar surface area (TPSA) is 50.8 Å². The fourth-order valence-electron chi connectivity index (χ4n) is 2.50. The third-order valence-electron chi connectivity index (χ3n) is 3.67. The largest absolute Gasteiger partial charge is 0.487 e. The maximum Gasteiger partial charge on any atom is 0.163 e. The van der Waals surface area contributed by atoms with Crippen molar-refractivity contribution in [3.63, 3.8) is 0 Å². The highest BCUT2D eigenvalue weighted by Gasteiger charge is 2.11. The van der Waals surface area contributed by atoms with Gasteiger partial charge in [0, 0.05) is 5.56 Å². The second-order valence-corrected chi connectivity index (χ2v) is 5.72. The molecule has 0 aliphatic heterocycles. The highest BCUT2D eigenvalue weighted by atomic mass is 35.5. The second kappa shape index (κ2) is 6.34. The van der Waals surface area contributed by atoms with Crippen LogP contribution >= 0.6 is 11.6 Å². The molecular weight excluding hydrogens is 322 g/mol. The smallest absolute Gasteiger partial charge is 0.163 e. The van der Waals surface area contributed by atoms with Crippen LogP contribution < -0.4 is 4.74 Å². The van der Waals surface area contributed by atoms with E-state index < -0.39 is 0 Å². The van der Waals surface area contributed by atoms with Gasteiger partial charge in [0.1, 0.15) is 23.2 Å². The molecule has 4 aromatic rings. The van der Waals surface area contributed by atoms with Gasteiger partial charge in [0.2, 0.25) is 0 Å². The molecule has 0 saturated carbocycles. The van der Waals surface area contributed by atoms with Crippen molar-refractivity contribution in [2.45, 2.75) is 6.61 Å². The predicted molar refractivity (Wildman–Crippen MR) is 95.1 cm³/mol. The number of hydrogen-bond donors (Lipinski definition) is 1. The number of H-pyrrole nitrogens is 1. The van der Waals surface area contributed by atoms with E-state index in [1.807, 2.05) is 66.7 Å². The highest BCUT2D eigenvalue weighted by molar-refractivity contribution is 6.34. The minimum absolute atomic E-state index is 0.414. The Kier molecular flexibility index (Phi) is 3.89. The molecule has 0 spiro atoms. The van der Waals surface area contributed by atoms with Crippen molar-refractivity contribution in [1.29, 1.82) is 0 Å². The zero-order chi connectivity index (χ0) is 16.4. The summed E-state index contributed by atoms with van der Waals surface area (Å²) in [4.78, 5) is 12.2. The van der Waals surface area contributed by atoms with Crippen LogP contribution in [0.5, 0.6) is 5.75 Å². The number of nitrogens with zero attached hydrogens (tertiary/aromatic N) is 2. The van der Waals surface area contributed by atoms with E-state index in [1.54, 1.807) is 0 Å². The number of fused-ring (bicyclic) bond motifs is 1. The summed E-state index contributed by atoms with van der Waals surface area (Å²) in [5, 5.41) is 1.23. The molecule has 0 saturated heterocycles. The molecule has 0 atom stereocenters. The number of aromatic nitrogens is 3. The molecule has 118 valence electrons. The lowest BCUT2D eigenvalue weighted by Gasteiger charge is -2.03.